The second kappa shape index (κ2) is 7.12. The third-order valence-corrected chi connectivity index (χ3v) is 2.49. The Morgan fingerprint density at radius 3 is 2.38 bits per heavy atom. The van der Waals surface area contributed by atoms with Crippen LogP contribution in [-0.4, -0.2) is 34.4 Å². The summed E-state index contributed by atoms with van der Waals surface area (Å²) < 4.78 is 5.00. The molecule has 0 aromatic heterocycles. The van der Waals surface area contributed by atoms with E-state index < -0.39 is 0 Å². The molecule has 0 aliphatic carbocycles. The molecule has 0 unspecified atom stereocenters. The summed E-state index contributed by atoms with van der Waals surface area (Å²) in [6.45, 7) is 1.85. The number of anilines is 2. The number of hydrogen-bond donors (Lipinski definition) is 1. The number of ether oxygens (including phenoxy) is 1. The quantitative estimate of drug-likeness (QED) is 0.718. The highest BCUT2D eigenvalue weighted by molar-refractivity contribution is 5.54. The van der Waals surface area contributed by atoms with Crippen LogP contribution in [0.2, 0.25) is 0 Å². The van der Waals surface area contributed by atoms with Crippen LogP contribution in [-0.2, 0) is 4.74 Å². The summed E-state index contributed by atoms with van der Waals surface area (Å²) in [5.41, 5.74) is 2.41. The van der Waals surface area contributed by atoms with Gasteiger partial charge in [-0.1, -0.05) is 0 Å². The molecule has 1 N–H and O–H groups in total. The molecule has 0 spiro atoms. The summed E-state index contributed by atoms with van der Waals surface area (Å²) >= 11 is 0. The first-order valence-corrected chi connectivity index (χ1v) is 5.74. The normalized spacial score (nSPS) is 10.2. The van der Waals surface area contributed by atoms with Gasteiger partial charge in [-0.15, -0.1) is 0 Å². The van der Waals surface area contributed by atoms with Gasteiger partial charge in [-0.25, -0.2) is 0 Å². The van der Waals surface area contributed by atoms with Gasteiger partial charge >= 0.3 is 0 Å². The van der Waals surface area contributed by atoms with E-state index in [1.165, 1.54) is 11.4 Å². The second-order valence-electron chi connectivity index (χ2n) is 4.07. The number of nitrogens with zero attached hydrogens (tertiary/aromatic N) is 1. The van der Waals surface area contributed by atoms with E-state index in [0.29, 0.717) is 0 Å². The molecule has 90 valence electrons. The molecule has 0 atom stereocenters. The van der Waals surface area contributed by atoms with E-state index >= 15 is 0 Å². The Balaban J connectivity index is 2.27. The Bertz CT molecular complexity index is 282. The van der Waals surface area contributed by atoms with E-state index in [0.717, 1.165) is 26.0 Å². The van der Waals surface area contributed by atoms with Gasteiger partial charge in [-0.3, -0.25) is 0 Å². The van der Waals surface area contributed by atoms with Gasteiger partial charge in [0.25, 0.3) is 0 Å². The van der Waals surface area contributed by atoms with E-state index in [1.807, 2.05) is 14.1 Å². The summed E-state index contributed by atoms with van der Waals surface area (Å²) in [4.78, 5) is 2.10. The van der Waals surface area contributed by atoms with E-state index in [1.54, 1.807) is 7.11 Å². The smallest absolute Gasteiger partial charge is 0.0462 e. The fraction of sp³-hybridized carbons (Fsp3) is 0.538. The minimum atomic E-state index is 0.848. The monoisotopic (exact) mass is 222 g/mol. The first-order chi connectivity index (χ1) is 7.74. The zero-order valence-corrected chi connectivity index (χ0v) is 10.5. The van der Waals surface area contributed by atoms with Crippen molar-refractivity contribution in [1.29, 1.82) is 0 Å². The number of rotatable bonds is 7. The zero-order valence-electron chi connectivity index (χ0n) is 10.5. The van der Waals surface area contributed by atoms with Crippen molar-refractivity contribution in [2.24, 2.45) is 0 Å². The molecule has 0 aliphatic heterocycles. The van der Waals surface area contributed by atoms with Crippen LogP contribution in [0.25, 0.3) is 0 Å². The molecule has 1 rings (SSSR count). The third-order valence-electron chi connectivity index (χ3n) is 2.49. The fourth-order valence-corrected chi connectivity index (χ4v) is 1.48. The van der Waals surface area contributed by atoms with Gasteiger partial charge < -0.3 is 15.0 Å². The van der Waals surface area contributed by atoms with Crippen molar-refractivity contribution in [3.8, 4) is 0 Å². The Kier molecular flexibility index (Phi) is 5.72. The molecule has 0 aliphatic rings. The molecular weight excluding hydrogens is 200 g/mol. The van der Waals surface area contributed by atoms with Crippen LogP contribution in [0, 0.1) is 0 Å². The average molecular weight is 222 g/mol. The number of nitrogens with one attached hydrogen (secondary N) is 1. The maximum Gasteiger partial charge on any atom is 0.0462 e. The number of hydrogen-bond acceptors (Lipinski definition) is 3. The molecule has 16 heavy (non-hydrogen) atoms. The van der Waals surface area contributed by atoms with Gasteiger partial charge in [-0.2, -0.15) is 0 Å². The lowest BCUT2D eigenvalue weighted by molar-refractivity contribution is 0.194. The van der Waals surface area contributed by atoms with E-state index in [2.05, 4.69) is 34.5 Å². The van der Waals surface area contributed by atoms with Crippen molar-refractivity contribution < 1.29 is 4.74 Å². The highest BCUT2D eigenvalue weighted by atomic mass is 16.5. The van der Waals surface area contributed by atoms with Gasteiger partial charge in [0, 0.05) is 45.7 Å². The zero-order chi connectivity index (χ0) is 11.8. The fourth-order valence-electron chi connectivity index (χ4n) is 1.48. The van der Waals surface area contributed by atoms with Crippen LogP contribution in [0.4, 0.5) is 11.4 Å². The maximum atomic E-state index is 5.00. The molecule has 0 radical (unpaired) electrons. The van der Waals surface area contributed by atoms with Gasteiger partial charge in [0.05, 0.1) is 0 Å². The largest absolute Gasteiger partial charge is 0.385 e. The average Bonchev–Trinajstić information content (AvgIpc) is 2.29. The minimum absolute atomic E-state index is 0.848. The molecule has 1 aromatic rings. The first-order valence-electron chi connectivity index (χ1n) is 5.74. The Labute approximate surface area is 98.4 Å². The first kappa shape index (κ1) is 12.8. The standard InChI is InChI=1S/C13H22N2O/c1-15(2)13-8-6-12(7-9-13)14-10-4-5-11-16-3/h6-9,14H,4-5,10-11H2,1-3H3. The highest BCUT2D eigenvalue weighted by Crippen LogP contribution is 2.15. The Morgan fingerprint density at radius 2 is 1.81 bits per heavy atom. The molecule has 0 amide bonds. The number of methoxy groups -OCH3 is 1. The van der Waals surface area contributed by atoms with Crippen molar-refractivity contribution >= 4 is 11.4 Å². The molecule has 3 nitrogen and oxygen atoms in total. The van der Waals surface area contributed by atoms with Crippen molar-refractivity contribution in [2.75, 3.05) is 44.6 Å². The molecule has 0 saturated heterocycles. The Hall–Kier alpha value is -1.22. The lowest BCUT2D eigenvalue weighted by Crippen LogP contribution is -2.08. The summed E-state index contributed by atoms with van der Waals surface area (Å²) in [5.74, 6) is 0. The lowest BCUT2D eigenvalue weighted by atomic mass is 10.2. The molecule has 3 heteroatoms. The van der Waals surface area contributed by atoms with Gasteiger partial charge in [0.15, 0.2) is 0 Å². The third kappa shape index (κ3) is 4.53. The van der Waals surface area contributed by atoms with Crippen LogP contribution in [0.1, 0.15) is 12.8 Å². The minimum Gasteiger partial charge on any atom is -0.385 e. The molecule has 0 saturated carbocycles. The van der Waals surface area contributed by atoms with Crippen LogP contribution in [0.3, 0.4) is 0 Å². The van der Waals surface area contributed by atoms with Crippen LogP contribution >= 0.6 is 0 Å². The van der Waals surface area contributed by atoms with Crippen LogP contribution < -0.4 is 10.2 Å². The van der Waals surface area contributed by atoms with Crippen molar-refractivity contribution in [3.05, 3.63) is 24.3 Å². The molecular formula is C13H22N2O. The molecule has 0 bridgehead atoms. The van der Waals surface area contributed by atoms with Crippen molar-refractivity contribution in [2.45, 2.75) is 12.8 Å². The van der Waals surface area contributed by atoms with Crippen molar-refractivity contribution in [3.63, 3.8) is 0 Å². The summed E-state index contributed by atoms with van der Waals surface area (Å²) in [6.07, 6.45) is 2.25. The maximum absolute atomic E-state index is 5.00. The SMILES string of the molecule is COCCCCNc1ccc(N(C)C)cc1. The summed E-state index contributed by atoms with van der Waals surface area (Å²) in [5, 5.41) is 3.40. The molecule has 0 heterocycles. The van der Waals surface area contributed by atoms with E-state index in [-0.39, 0.29) is 0 Å². The Morgan fingerprint density at radius 1 is 1.12 bits per heavy atom. The van der Waals surface area contributed by atoms with E-state index in [9.17, 15) is 0 Å². The summed E-state index contributed by atoms with van der Waals surface area (Å²) in [7, 11) is 5.84. The van der Waals surface area contributed by atoms with E-state index in [4.69, 9.17) is 4.74 Å². The summed E-state index contributed by atoms with van der Waals surface area (Å²) in [6, 6.07) is 8.48. The van der Waals surface area contributed by atoms with Crippen molar-refractivity contribution in [1.82, 2.24) is 0 Å². The topological polar surface area (TPSA) is 24.5 Å². The number of benzene rings is 1. The van der Waals surface area contributed by atoms with Crippen LogP contribution in [0.5, 0.6) is 0 Å². The molecule has 1 aromatic carbocycles. The highest BCUT2D eigenvalue weighted by Gasteiger charge is 1.95. The predicted molar refractivity (Wildman–Crippen MR) is 70.4 cm³/mol. The lowest BCUT2D eigenvalue weighted by Gasteiger charge is -2.13. The second-order valence-corrected chi connectivity index (χ2v) is 4.07. The van der Waals surface area contributed by atoms with Gasteiger partial charge in [0.1, 0.15) is 0 Å². The number of unbranched alkanes of at least 4 members (excludes halogenated alkanes) is 1. The molecule has 0 fully saturated rings. The van der Waals surface area contributed by atoms with Gasteiger partial charge in [-0.05, 0) is 37.1 Å². The van der Waals surface area contributed by atoms with Gasteiger partial charge in [0.2, 0.25) is 0 Å². The van der Waals surface area contributed by atoms with Crippen LogP contribution in [0.15, 0.2) is 24.3 Å². The predicted octanol–water partition coefficient (Wildman–Crippen LogP) is 2.59.